The number of methoxy groups -OCH3 is 1. The lowest BCUT2D eigenvalue weighted by Crippen LogP contribution is -2.36. The molecule has 0 bridgehead atoms. The van der Waals surface area contributed by atoms with Gasteiger partial charge in [0.25, 0.3) is 5.91 Å². The van der Waals surface area contributed by atoms with Crippen molar-refractivity contribution in [1.29, 1.82) is 0 Å². The van der Waals surface area contributed by atoms with Gasteiger partial charge in [0.2, 0.25) is 5.78 Å². The first-order valence-electron chi connectivity index (χ1n) is 11.5. The topological polar surface area (TPSA) is 137 Å². The van der Waals surface area contributed by atoms with E-state index in [1.54, 1.807) is 6.07 Å². The monoisotopic (exact) mass is 684 g/mol. The molecule has 1 aliphatic rings. The van der Waals surface area contributed by atoms with Gasteiger partial charge >= 0.3 is 16.3 Å². The van der Waals surface area contributed by atoms with E-state index in [-0.39, 0.29) is 51.0 Å². The summed E-state index contributed by atoms with van der Waals surface area (Å²) in [5.41, 5.74) is -1.12. The predicted molar refractivity (Wildman–Crippen MR) is 151 cm³/mol. The van der Waals surface area contributed by atoms with Crippen molar-refractivity contribution in [2.75, 3.05) is 25.0 Å². The number of nitrogens with one attached hydrogen (secondary N) is 1. The highest BCUT2D eigenvalue weighted by atomic mass is 79.9. The number of ketones is 1. The van der Waals surface area contributed by atoms with Gasteiger partial charge in [-0.25, -0.2) is 14.2 Å². The molecule has 0 atom stereocenters. The maximum absolute atomic E-state index is 15.3. The number of benzene rings is 2. The highest BCUT2D eigenvalue weighted by molar-refractivity contribution is 9.10. The molecule has 0 radical (unpaired) electrons. The zero-order valence-corrected chi connectivity index (χ0v) is 24.6. The number of nitrogens with zero attached hydrogens (tertiary/aromatic N) is 3. The third-order valence-corrected chi connectivity index (χ3v) is 8.49. The quantitative estimate of drug-likeness (QED) is 0.260. The van der Waals surface area contributed by atoms with Crippen LogP contribution in [0.25, 0.3) is 11.0 Å². The number of aromatic nitrogens is 2. The summed E-state index contributed by atoms with van der Waals surface area (Å²) in [6, 6.07) is 7.90. The number of halogens is 4. The lowest BCUT2D eigenvalue weighted by Gasteiger charge is -2.18. The molecule has 1 fully saturated rings. The number of carbonyl (C=O) groups excluding carboxylic acids is 3. The lowest BCUT2D eigenvalue weighted by molar-refractivity contribution is 0.0964. The average molecular weight is 686 g/mol. The molecular weight excluding hydrogens is 670 g/mol. The van der Waals surface area contributed by atoms with Crippen molar-refractivity contribution >= 4 is 83.8 Å². The van der Waals surface area contributed by atoms with Gasteiger partial charge in [-0.1, -0.05) is 29.3 Å². The van der Waals surface area contributed by atoms with Crippen LogP contribution in [0, 0.1) is 5.82 Å². The molecule has 2 aromatic heterocycles. The Morgan fingerprint density at radius 2 is 1.88 bits per heavy atom. The van der Waals surface area contributed by atoms with Crippen molar-refractivity contribution < 1.29 is 36.7 Å². The first-order valence-corrected chi connectivity index (χ1v) is 14.5. The minimum Gasteiger partial charge on any atom is -0.494 e. The highest BCUT2D eigenvalue weighted by Crippen LogP contribution is 2.36. The van der Waals surface area contributed by atoms with Crippen LogP contribution in [0.4, 0.5) is 14.9 Å². The fourth-order valence-electron chi connectivity index (χ4n) is 4.23. The minimum absolute atomic E-state index is 0.0429. The number of anilines is 1. The van der Waals surface area contributed by atoms with E-state index >= 15 is 4.39 Å². The second-order valence-electron chi connectivity index (χ2n) is 8.47. The number of pyridine rings is 1. The third kappa shape index (κ3) is 5.12. The van der Waals surface area contributed by atoms with Crippen LogP contribution in [-0.4, -0.2) is 60.3 Å². The van der Waals surface area contributed by atoms with Crippen LogP contribution in [0.5, 0.6) is 5.75 Å². The molecule has 2 aromatic carbocycles. The Morgan fingerprint density at radius 3 is 2.51 bits per heavy atom. The SMILES string of the molecule is COc1c(NS(=O)(=O)N2CCOC2=O)ccc(F)c1C(=O)c1cn(C(=O)c2c(Cl)cccc2Cl)c2ncc(Br)cc12. The van der Waals surface area contributed by atoms with E-state index in [2.05, 4.69) is 30.4 Å². The normalized spacial score (nSPS) is 13.4. The molecule has 3 heterocycles. The Labute approximate surface area is 250 Å². The fourth-order valence-corrected chi connectivity index (χ4v) is 6.23. The molecule has 41 heavy (non-hydrogen) atoms. The first kappa shape index (κ1) is 28.8. The Kier molecular flexibility index (Phi) is 7.68. The van der Waals surface area contributed by atoms with Gasteiger partial charge in [0, 0.05) is 22.3 Å². The van der Waals surface area contributed by atoms with Gasteiger partial charge in [-0.2, -0.15) is 12.7 Å². The molecule has 1 aliphatic heterocycles. The number of hydrogen-bond donors (Lipinski definition) is 1. The van der Waals surface area contributed by atoms with Gasteiger partial charge in [-0.05, 0) is 46.3 Å². The van der Waals surface area contributed by atoms with Crippen LogP contribution in [0.3, 0.4) is 0 Å². The number of fused-ring (bicyclic) bond motifs is 1. The van der Waals surface area contributed by atoms with Crippen molar-refractivity contribution in [2.45, 2.75) is 0 Å². The van der Waals surface area contributed by atoms with Crippen LogP contribution in [0.15, 0.2) is 53.3 Å². The number of rotatable bonds is 7. The summed E-state index contributed by atoms with van der Waals surface area (Å²) in [5, 5.41) is 0.279. The molecular formula is C25H16BrCl2FN4O7S. The van der Waals surface area contributed by atoms with E-state index in [1.165, 1.54) is 24.4 Å². The van der Waals surface area contributed by atoms with E-state index < -0.39 is 45.1 Å². The largest absolute Gasteiger partial charge is 0.494 e. The molecule has 0 saturated carbocycles. The number of ether oxygens (including phenoxy) is 2. The molecule has 1 amide bonds. The Hall–Kier alpha value is -3.72. The van der Waals surface area contributed by atoms with Gasteiger partial charge in [0.05, 0.1) is 40.5 Å². The van der Waals surface area contributed by atoms with Crippen molar-refractivity contribution in [3.63, 3.8) is 0 Å². The van der Waals surface area contributed by atoms with Gasteiger partial charge in [0.15, 0.2) is 5.75 Å². The molecule has 0 aliphatic carbocycles. The predicted octanol–water partition coefficient (Wildman–Crippen LogP) is 5.28. The van der Waals surface area contributed by atoms with Crippen LogP contribution in [-0.2, 0) is 14.9 Å². The number of hydrogen-bond acceptors (Lipinski definition) is 8. The fraction of sp³-hybridized carbons (Fsp3) is 0.120. The van der Waals surface area contributed by atoms with Gasteiger partial charge in [-0.3, -0.25) is 18.9 Å². The highest BCUT2D eigenvalue weighted by Gasteiger charge is 2.35. The molecule has 4 aromatic rings. The van der Waals surface area contributed by atoms with Crippen LogP contribution >= 0.6 is 39.1 Å². The molecule has 1 saturated heterocycles. The number of carbonyl (C=O) groups is 3. The van der Waals surface area contributed by atoms with Crippen LogP contribution in [0.1, 0.15) is 26.3 Å². The Morgan fingerprint density at radius 1 is 1.17 bits per heavy atom. The Bertz CT molecular complexity index is 1860. The van der Waals surface area contributed by atoms with E-state index in [4.69, 9.17) is 27.9 Å². The second kappa shape index (κ2) is 10.9. The third-order valence-electron chi connectivity index (χ3n) is 6.04. The zero-order chi connectivity index (χ0) is 29.6. The van der Waals surface area contributed by atoms with Gasteiger partial charge in [-0.15, -0.1) is 0 Å². The van der Waals surface area contributed by atoms with Crippen molar-refractivity contribution in [3.8, 4) is 5.75 Å². The summed E-state index contributed by atoms with van der Waals surface area (Å²) in [6.07, 6.45) is 1.46. The zero-order valence-electron chi connectivity index (χ0n) is 20.7. The van der Waals surface area contributed by atoms with Crippen molar-refractivity contribution in [2.24, 2.45) is 0 Å². The standard InChI is InChI=1S/C25H16BrCl2FN4O7S/c1-39-22-18(31-41(37,38)33-7-8-40-25(33)36)6-5-17(29)20(22)21(34)14-11-32(23-13(14)9-12(26)10-30-23)24(35)19-15(27)3-2-4-16(19)28/h2-6,9-11,31H,7-8H2,1H3. The Balaban J connectivity index is 1.65. The maximum atomic E-state index is 15.3. The summed E-state index contributed by atoms with van der Waals surface area (Å²) < 4.78 is 54.9. The van der Waals surface area contributed by atoms with E-state index in [1.807, 2.05) is 0 Å². The number of cyclic esters (lactones) is 1. The van der Waals surface area contributed by atoms with E-state index in [0.717, 1.165) is 30.0 Å². The maximum Gasteiger partial charge on any atom is 0.425 e. The summed E-state index contributed by atoms with van der Waals surface area (Å²) in [6.45, 7) is -0.385. The lowest BCUT2D eigenvalue weighted by atomic mass is 10.0. The van der Waals surface area contributed by atoms with E-state index in [0.29, 0.717) is 8.78 Å². The average Bonchev–Trinajstić information content (AvgIpc) is 3.52. The number of amides is 1. The minimum atomic E-state index is -4.50. The molecule has 1 N–H and O–H groups in total. The van der Waals surface area contributed by atoms with Crippen molar-refractivity contribution in [1.82, 2.24) is 13.9 Å². The summed E-state index contributed by atoms with van der Waals surface area (Å²) in [5.74, 6) is -3.16. The van der Waals surface area contributed by atoms with Crippen LogP contribution in [0.2, 0.25) is 10.0 Å². The second-order valence-corrected chi connectivity index (χ2v) is 11.8. The summed E-state index contributed by atoms with van der Waals surface area (Å²) in [7, 11) is -3.39. The molecule has 0 spiro atoms. The smallest absolute Gasteiger partial charge is 0.425 e. The molecule has 5 rings (SSSR count). The molecule has 212 valence electrons. The summed E-state index contributed by atoms with van der Waals surface area (Å²) in [4.78, 5) is 43.5. The van der Waals surface area contributed by atoms with E-state index in [9.17, 15) is 22.8 Å². The van der Waals surface area contributed by atoms with Crippen LogP contribution < -0.4 is 9.46 Å². The molecule has 0 unspecified atom stereocenters. The van der Waals surface area contributed by atoms with Crippen molar-refractivity contribution in [3.05, 3.63) is 85.8 Å². The summed E-state index contributed by atoms with van der Waals surface area (Å²) >= 11 is 15.8. The van der Waals surface area contributed by atoms with Gasteiger partial charge in [0.1, 0.15) is 23.6 Å². The first-order chi connectivity index (χ1) is 19.4. The van der Waals surface area contributed by atoms with Gasteiger partial charge < -0.3 is 9.47 Å². The molecule has 11 nitrogen and oxygen atoms in total. The molecule has 16 heteroatoms.